The van der Waals surface area contributed by atoms with Gasteiger partial charge in [-0.2, -0.15) is 13.2 Å². The lowest BCUT2D eigenvalue weighted by Gasteiger charge is -2.25. The van der Waals surface area contributed by atoms with Gasteiger partial charge in [0.1, 0.15) is 11.3 Å². The summed E-state index contributed by atoms with van der Waals surface area (Å²) in [6.45, 7) is 7.20. The smallest absolute Gasteiger partial charge is 0.416 e. The quantitative estimate of drug-likeness (QED) is 0.373. The molecule has 37 heavy (non-hydrogen) atoms. The van der Waals surface area contributed by atoms with Gasteiger partial charge in [0.2, 0.25) is 5.13 Å². The molecule has 0 spiro atoms. The van der Waals surface area contributed by atoms with Crippen LogP contribution in [0.3, 0.4) is 0 Å². The van der Waals surface area contributed by atoms with Crippen LogP contribution < -0.4 is 14.4 Å². The van der Waals surface area contributed by atoms with Gasteiger partial charge in [0, 0.05) is 12.6 Å². The van der Waals surface area contributed by atoms with Gasteiger partial charge in [-0.1, -0.05) is 30.4 Å². The molecule has 0 fully saturated rings. The summed E-state index contributed by atoms with van der Waals surface area (Å²) in [5.74, 6) is -0.940. The molecule has 3 aromatic rings. The van der Waals surface area contributed by atoms with Crippen molar-refractivity contribution in [3.63, 3.8) is 0 Å². The largest absolute Gasteiger partial charge is 0.493 e. The Bertz CT molecular complexity index is 1310. The van der Waals surface area contributed by atoms with Crippen molar-refractivity contribution >= 4 is 32.4 Å². The molecular weight excluding hydrogens is 529 g/mol. The van der Waals surface area contributed by atoms with E-state index in [1.165, 1.54) is 21.9 Å². The molecular formula is C24H27F3N4O4S2. The van der Waals surface area contributed by atoms with Crippen molar-refractivity contribution in [2.75, 3.05) is 17.5 Å². The molecule has 0 aliphatic heterocycles. The summed E-state index contributed by atoms with van der Waals surface area (Å²) >= 11 is 1.12. The molecule has 1 N–H and O–H groups in total. The van der Waals surface area contributed by atoms with E-state index in [0.29, 0.717) is 0 Å². The highest BCUT2D eigenvalue weighted by molar-refractivity contribution is 7.93. The van der Waals surface area contributed by atoms with E-state index in [0.717, 1.165) is 35.1 Å². The van der Waals surface area contributed by atoms with Crippen LogP contribution >= 0.6 is 11.3 Å². The molecule has 0 bridgehead atoms. The van der Waals surface area contributed by atoms with E-state index >= 15 is 0 Å². The number of hydrogen-bond acceptors (Lipinski definition) is 7. The number of sulfonamides is 1. The van der Waals surface area contributed by atoms with Gasteiger partial charge in [-0.25, -0.2) is 12.7 Å². The molecule has 8 nitrogen and oxygen atoms in total. The average molecular weight is 557 g/mol. The Balaban J connectivity index is 1.72. The SMILES string of the molecule is CCOc1cc(C(F)(F)F)ccc1C(=O)NCC(C)c1ccc(S(=O)(=O)N(c2nncs2)C(C)C)cc1. The third kappa shape index (κ3) is 6.58. The maximum absolute atomic E-state index is 13.2. The number of ether oxygens (including phenoxy) is 1. The first-order valence-corrected chi connectivity index (χ1v) is 13.7. The molecule has 0 saturated heterocycles. The maximum atomic E-state index is 13.2. The summed E-state index contributed by atoms with van der Waals surface area (Å²) in [5.41, 5.74) is 1.32. The summed E-state index contributed by atoms with van der Waals surface area (Å²) < 4.78 is 72.0. The summed E-state index contributed by atoms with van der Waals surface area (Å²) in [4.78, 5) is 12.8. The van der Waals surface area contributed by atoms with Gasteiger partial charge in [-0.15, -0.1) is 10.2 Å². The van der Waals surface area contributed by atoms with E-state index in [2.05, 4.69) is 15.5 Å². The fourth-order valence-electron chi connectivity index (χ4n) is 3.57. The molecule has 1 heterocycles. The number of alkyl halides is 3. The van der Waals surface area contributed by atoms with Gasteiger partial charge in [-0.3, -0.25) is 4.79 Å². The maximum Gasteiger partial charge on any atom is 0.416 e. The second kappa shape index (κ2) is 11.5. The Morgan fingerprint density at radius 1 is 1.14 bits per heavy atom. The number of amides is 1. The number of anilines is 1. The van der Waals surface area contributed by atoms with Crippen LogP contribution in [0.25, 0.3) is 0 Å². The minimum Gasteiger partial charge on any atom is -0.493 e. The molecule has 1 atom stereocenters. The number of carbonyl (C=O) groups excluding carboxylic acids is 1. The number of nitrogens with zero attached hydrogens (tertiary/aromatic N) is 3. The molecule has 200 valence electrons. The van der Waals surface area contributed by atoms with Crippen molar-refractivity contribution in [3.05, 3.63) is 64.7 Å². The molecule has 13 heteroatoms. The molecule has 1 amide bonds. The Hall–Kier alpha value is -3.19. The van der Waals surface area contributed by atoms with Crippen LogP contribution in [0.1, 0.15) is 55.1 Å². The zero-order valence-corrected chi connectivity index (χ0v) is 22.2. The molecule has 0 radical (unpaired) electrons. The van der Waals surface area contributed by atoms with Crippen molar-refractivity contribution in [1.29, 1.82) is 0 Å². The monoisotopic (exact) mass is 556 g/mol. The van der Waals surface area contributed by atoms with Crippen molar-refractivity contribution in [1.82, 2.24) is 15.5 Å². The van der Waals surface area contributed by atoms with Crippen LogP contribution in [0.4, 0.5) is 18.3 Å². The third-order valence-electron chi connectivity index (χ3n) is 5.43. The normalized spacial score (nSPS) is 12.9. The van der Waals surface area contributed by atoms with Gasteiger partial charge in [-0.05, 0) is 62.6 Å². The Kier molecular flexibility index (Phi) is 8.80. The molecule has 0 aliphatic rings. The van der Waals surface area contributed by atoms with E-state index in [1.54, 1.807) is 32.9 Å². The zero-order chi connectivity index (χ0) is 27.4. The fourth-order valence-corrected chi connectivity index (χ4v) is 6.09. The number of benzene rings is 2. The molecule has 1 unspecified atom stereocenters. The molecule has 0 saturated carbocycles. The highest BCUT2D eigenvalue weighted by Gasteiger charge is 2.32. The summed E-state index contributed by atoms with van der Waals surface area (Å²) in [5, 5.41) is 10.6. The second-order valence-corrected chi connectivity index (χ2v) is 11.1. The standard InChI is InChI=1S/C24H27F3N4O4S2/c1-5-35-21-12-18(24(25,26)27)8-11-20(21)22(32)28-13-16(4)17-6-9-19(10-7-17)37(33,34)31(15(2)3)23-30-29-14-36-23/h6-12,14-16H,5,13H2,1-4H3,(H,28,32). The Morgan fingerprint density at radius 2 is 1.81 bits per heavy atom. The number of aromatic nitrogens is 2. The lowest BCUT2D eigenvalue weighted by Crippen LogP contribution is -2.37. The lowest BCUT2D eigenvalue weighted by molar-refractivity contribution is -0.137. The van der Waals surface area contributed by atoms with Crippen molar-refractivity contribution in [2.45, 2.75) is 50.7 Å². The third-order valence-corrected chi connectivity index (χ3v) is 8.22. The molecule has 2 aromatic carbocycles. The average Bonchev–Trinajstić information content (AvgIpc) is 3.35. The van der Waals surface area contributed by atoms with Crippen LogP contribution in [0.5, 0.6) is 5.75 Å². The molecule has 0 aliphatic carbocycles. The van der Waals surface area contributed by atoms with Gasteiger partial charge in [0.15, 0.2) is 0 Å². The summed E-state index contributed by atoms with van der Waals surface area (Å²) in [6.07, 6.45) is -4.56. The van der Waals surface area contributed by atoms with E-state index in [9.17, 15) is 26.4 Å². The van der Waals surface area contributed by atoms with Crippen LogP contribution in [-0.4, -0.2) is 43.7 Å². The molecule has 1 aromatic heterocycles. The highest BCUT2D eigenvalue weighted by Crippen LogP contribution is 2.33. The fraction of sp³-hybridized carbons (Fsp3) is 0.375. The van der Waals surface area contributed by atoms with Crippen molar-refractivity contribution in [3.8, 4) is 5.75 Å². The van der Waals surface area contributed by atoms with E-state index in [1.807, 2.05) is 6.92 Å². The van der Waals surface area contributed by atoms with Crippen LogP contribution in [0.15, 0.2) is 52.9 Å². The minimum atomic E-state index is -4.56. The van der Waals surface area contributed by atoms with Gasteiger partial charge < -0.3 is 10.1 Å². The first kappa shape index (κ1) is 28.4. The predicted molar refractivity (Wildman–Crippen MR) is 135 cm³/mol. The minimum absolute atomic E-state index is 0.00561. The Labute approximate surface area is 217 Å². The highest BCUT2D eigenvalue weighted by atomic mass is 32.2. The number of halogens is 3. The number of rotatable bonds is 10. The van der Waals surface area contributed by atoms with Crippen molar-refractivity contribution < 1.29 is 31.1 Å². The summed E-state index contributed by atoms with van der Waals surface area (Å²) in [7, 11) is -3.87. The second-order valence-electron chi connectivity index (χ2n) is 8.44. The van der Waals surface area contributed by atoms with E-state index in [-0.39, 0.29) is 46.5 Å². The van der Waals surface area contributed by atoms with Crippen LogP contribution in [-0.2, 0) is 16.2 Å². The number of nitrogens with one attached hydrogen (secondary N) is 1. The summed E-state index contributed by atoms with van der Waals surface area (Å²) in [6, 6.07) is 8.65. The van der Waals surface area contributed by atoms with E-state index < -0.39 is 27.7 Å². The van der Waals surface area contributed by atoms with Gasteiger partial charge in [0.05, 0.1) is 22.6 Å². The van der Waals surface area contributed by atoms with Crippen molar-refractivity contribution in [2.24, 2.45) is 0 Å². The van der Waals surface area contributed by atoms with Crippen LogP contribution in [0, 0.1) is 0 Å². The molecule has 3 rings (SSSR count). The number of hydrogen-bond donors (Lipinski definition) is 1. The topological polar surface area (TPSA) is 101 Å². The first-order chi connectivity index (χ1) is 17.4. The zero-order valence-electron chi connectivity index (χ0n) is 20.6. The number of carbonyl (C=O) groups is 1. The van der Waals surface area contributed by atoms with E-state index in [4.69, 9.17) is 4.74 Å². The van der Waals surface area contributed by atoms with Crippen LogP contribution in [0.2, 0.25) is 0 Å². The van der Waals surface area contributed by atoms with Gasteiger partial charge in [0.25, 0.3) is 15.9 Å². The lowest BCUT2D eigenvalue weighted by atomic mass is 10.0. The predicted octanol–water partition coefficient (Wildman–Crippen LogP) is 5.09. The van der Waals surface area contributed by atoms with Gasteiger partial charge >= 0.3 is 6.18 Å². The Morgan fingerprint density at radius 3 is 2.35 bits per heavy atom. The first-order valence-electron chi connectivity index (χ1n) is 11.4.